The van der Waals surface area contributed by atoms with E-state index in [1.165, 1.54) is 11.8 Å². The summed E-state index contributed by atoms with van der Waals surface area (Å²) in [5.74, 6) is 0.581. The van der Waals surface area contributed by atoms with Gasteiger partial charge in [0.15, 0.2) is 5.17 Å². The number of hydrogen-bond donors (Lipinski definition) is 1. The zero-order chi connectivity index (χ0) is 17.1. The molecule has 0 radical (unpaired) electrons. The summed E-state index contributed by atoms with van der Waals surface area (Å²) in [7, 11) is 1.61. The Labute approximate surface area is 149 Å². The molecular weight excluding hydrogens is 344 g/mol. The van der Waals surface area contributed by atoms with E-state index in [2.05, 4.69) is 10.3 Å². The monoisotopic (exact) mass is 358 g/mol. The van der Waals surface area contributed by atoms with Gasteiger partial charge in [-0.2, -0.15) is 0 Å². The van der Waals surface area contributed by atoms with Gasteiger partial charge >= 0.3 is 0 Å². The standard InChI is InChI=1S/C18H15ClN2O2S/c1-11-6-7-13(19)10-15(11)20-18-21-17(22)16(24-18)9-12-4-3-5-14(8-12)23-2/h3-10H,1-2H3,(H,20,21,22)/b16-9+. The highest BCUT2D eigenvalue weighted by molar-refractivity contribution is 8.18. The first-order valence-electron chi connectivity index (χ1n) is 7.25. The number of amidine groups is 1. The highest BCUT2D eigenvalue weighted by atomic mass is 35.5. The lowest BCUT2D eigenvalue weighted by atomic mass is 10.2. The average Bonchev–Trinajstić information content (AvgIpc) is 2.90. The normalized spacial score (nSPS) is 17.4. The largest absolute Gasteiger partial charge is 0.497 e. The van der Waals surface area contributed by atoms with Gasteiger partial charge < -0.3 is 10.1 Å². The summed E-state index contributed by atoms with van der Waals surface area (Å²) in [5.41, 5.74) is 2.63. The number of methoxy groups -OCH3 is 1. The van der Waals surface area contributed by atoms with Crippen molar-refractivity contribution >= 4 is 46.2 Å². The van der Waals surface area contributed by atoms with Crippen LogP contribution in [-0.4, -0.2) is 18.2 Å². The van der Waals surface area contributed by atoms with Gasteiger partial charge in [0, 0.05) is 5.02 Å². The summed E-state index contributed by atoms with van der Waals surface area (Å²) >= 11 is 7.31. The van der Waals surface area contributed by atoms with Crippen molar-refractivity contribution in [2.45, 2.75) is 6.92 Å². The minimum atomic E-state index is -0.166. The lowest BCUT2D eigenvalue weighted by molar-refractivity contribution is -0.115. The van der Waals surface area contributed by atoms with Crippen LogP contribution in [0.4, 0.5) is 5.69 Å². The Bertz CT molecular complexity index is 862. The minimum absolute atomic E-state index is 0.166. The lowest BCUT2D eigenvalue weighted by Crippen LogP contribution is -2.19. The van der Waals surface area contributed by atoms with Crippen LogP contribution in [-0.2, 0) is 4.79 Å². The molecule has 0 aliphatic carbocycles. The summed E-state index contributed by atoms with van der Waals surface area (Å²) in [6, 6.07) is 13.0. The van der Waals surface area contributed by atoms with Crippen molar-refractivity contribution in [1.29, 1.82) is 0 Å². The number of thioether (sulfide) groups is 1. The maximum absolute atomic E-state index is 12.1. The molecule has 0 aromatic heterocycles. The second-order valence-corrected chi connectivity index (χ2v) is 6.66. The molecule has 3 rings (SSSR count). The van der Waals surface area contributed by atoms with Gasteiger partial charge in [0.2, 0.25) is 0 Å². The number of rotatable bonds is 3. The molecule has 2 aromatic carbocycles. The number of aliphatic imine (C=N–C) groups is 1. The van der Waals surface area contributed by atoms with E-state index in [9.17, 15) is 4.79 Å². The molecule has 1 aliphatic rings. The van der Waals surface area contributed by atoms with Crippen LogP contribution < -0.4 is 10.1 Å². The van der Waals surface area contributed by atoms with Crippen molar-refractivity contribution in [2.24, 2.45) is 4.99 Å². The summed E-state index contributed by atoms with van der Waals surface area (Å²) in [6.07, 6.45) is 1.82. The summed E-state index contributed by atoms with van der Waals surface area (Å²) in [6.45, 7) is 1.95. The van der Waals surface area contributed by atoms with Crippen LogP contribution in [0.2, 0.25) is 5.02 Å². The maximum atomic E-state index is 12.1. The molecule has 0 spiro atoms. The van der Waals surface area contributed by atoms with E-state index in [0.717, 1.165) is 22.6 Å². The molecule has 1 amide bonds. The van der Waals surface area contributed by atoms with E-state index in [1.807, 2.05) is 49.4 Å². The van der Waals surface area contributed by atoms with Gasteiger partial charge in [-0.25, -0.2) is 4.99 Å². The maximum Gasteiger partial charge on any atom is 0.264 e. The topological polar surface area (TPSA) is 50.7 Å². The molecule has 1 N–H and O–H groups in total. The fourth-order valence-corrected chi connectivity index (χ4v) is 3.18. The number of nitrogens with one attached hydrogen (secondary N) is 1. The molecule has 0 bridgehead atoms. The third-order valence-electron chi connectivity index (χ3n) is 3.44. The Morgan fingerprint density at radius 2 is 2.08 bits per heavy atom. The third-order valence-corrected chi connectivity index (χ3v) is 4.58. The van der Waals surface area contributed by atoms with Crippen molar-refractivity contribution in [1.82, 2.24) is 5.32 Å². The Morgan fingerprint density at radius 3 is 2.88 bits per heavy atom. The third kappa shape index (κ3) is 3.80. The van der Waals surface area contributed by atoms with Gasteiger partial charge in [0.25, 0.3) is 5.91 Å². The molecule has 0 unspecified atom stereocenters. The fourth-order valence-electron chi connectivity index (χ4n) is 2.18. The molecule has 2 aromatic rings. The SMILES string of the molecule is COc1cccc(/C=C2/SC(=Nc3cc(Cl)ccc3C)NC2=O)c1. The van der Waals surface area contributed by atoms with Crippen LogP contribution in [0.5, 0.6) is 5.75 Å². The highest BCUT2D eigenvalue weighted by Gasteiger charge is 2.24. The number of halogens is 1. The number of hydrogen-bond acceptors (Lipinski definition) is 4. The summed E-state index contributed by atoms with van der Waals surface area (Å²) in [5, 5.41) is 3.93. The second-order valence-electron chi connectivity index (χ2n) is 5.19. The van der Waals surface area contributed by atoms with Gasteiger partial charge in [0.1, 0.15) is 5.75 Å². The predicted octanol–water partition coefficient (Wildman–Crippen LogP) is 4.55. The van der Waals surface area contributed by atoms with Gasteiger partial charge in [0.05, 0.1) is 17.7 Å². The van der Waals surface area contributed by atoms with E-state index < -0.39 is 0 Å². The molecular formula is C18H15ClN2O2S. The lowest BCUT2D eigenvalue weighted by Gasteiger charge is -2.01. The van der Waals surface area contributed by atoms with E-state index in [4.69, 9.17) is 16.3 Å². The number of aryl methyl sites for hydroxylation is 1. The average molecular weight is 359 g/mol. The molecule has 6 heteroatoms. The van der Waals surface area contributed by atoms with Crippen LogP contribution >= 0.6 is 23.4 Å². The Kier molecular flexibility index (Phi) is 4.92. The molecule has 0 atom stereocenters. The summed E-state index contributed by atoms with van der Waals surface area (Å²) < 4.78 is 5.20. The highest BCUT2D eigenvalue weighted by Crippen LogP contribution is 2.30. The van der Waals surface area contributed by atoms with Crippen molar-refractivity contribution < 1.29 is 9.53 Å². The van der Waals surface area contributed by atoms with Crippen LogP contribution in [0, 0.1) is 6.92 Å². The Morgan fingerprint density at radius 1 is 1.25 bits per heavy atom. The quantitative estimate of drug-likeness (QED) is 0.819. The molecule has 1 heterocycles. The molecule has 24 heavy (non-hydrogen) atoms. The van der Waals surface area contributed by atoms with Crippen LogP contribution in [0.25, 0.3) is 6.08 Å². The van der Waals surface area contributed by atoms with Crippen LogP contribution in [0.15, 0.2) is 52.4 Å². The number of amides is 1. The van der Waals surface area contributed by atoms with Gasteiger partial charge in [-0.3, -0.25) is 4.79 Å². The van der Waals surface area contributed by atoms with Gasteiger partial charge in [-0.05, 0) is 60.2 Å². The fraction of sp³-hybridized carbons (Fsp3) is 0.111. The smallest absolute Gasteiger partial charge is 0.264 e. The van der Waals surface area contributed by atoms with E-state index in [0.29, 0.717) is 15.1 Å². The number of carbonyl (C=O) groups excluding carboxylic acids is 1. The number of carbonyl (C=O) groups is 1. The summed E-state index contributed by atoms with van der Waals surface area (Å²) in [4.78, 5) is 17.2. The molecule has 0 saturated carbocycles. The van der Waals surface area contributed by atoms with Crippen molar-refractivity contribution in [3.63, 3.8) is 0 Å². The second kappa shape index (κ2) is 7.11. The zero-order valence-corrected chi connectivity index (χ0v) is 14.7. The number of nitrogens with zero attached hydrogens (tertiary/aromatic N) is 1. The van der Waals surface area contributed by atoms with Gasteiger partial charge in [-0.1, -0.05) is 29.8 Å². The van der Waals surface area contributed by atoms with E-state index in [1.54, 1.807) is 13.2 Å². The minimum Gasteiger partial charge on any atom is -0.497 e. The van der Waals surface area contributed by atoms with E-state index >= 15 is 0 Å². The predicted molar refractivity (Wildman–Crippen MR) is 100.0 cm³/mol. The number of ether oxygens (including phenoxy) is 1. The number of benzene rings is 2. The molecule has 1 aliphatic heterocycles. The molecule has 1 fully saturated rings. The molecule has 122 valence electrons. The zero-order valence-electron chi connectivity index (χ0n) is 13.2. The van der Waals surface area contributed by atoms with Gasteiger partial charge in [-0.15, -0.1) is 0 Å². The van der Waals surface area contributed by atoms with Crippen LogP contribution in [0.1, 0.15) is 11.1 Å². The molecule has 1 saturated heterocycles. The first kappa shape index (κ1) is 16.6. The first-order valence-corrected chi connectivity index (χ1v) is 8.44. The van der Waals surface area contributed by atoms with Crippen molar-refractivity contribution in [2.75, 3.05) is 7.11 Å². The Balaban J connectivity index is 1.86. The Hall–Kier alpha value is -2.24. The molecule has 4 nitrogen and oxygen atoms in total. The first-order chi connectivity index (χ1) is 11.5. The van der Waals surface area contributed by atoms with Crippen molar-refractivity contribution in [3.05, 3.63) is 63.5 Å². The van der Waals surface area contributed by atoms with Crippen molar-refractivity contribution in [3.8, 4) is 5.75 Å². The van der Waals surface area contributed by atoms with E-state index in [-0.39, 0.29) is 5.91 Å². The van der Waals surface area contributed by atoms with Crippen LogP contribution in [0.3, 0.4) is 0 Å².